The molecular weight excluding hydrogens is 380 g/mol. The molecule has 0 aliphatic heterocycles. The van der Waals surface area contributed by atoms with Crippen LogP contribution in [0.3, 0.4) is 0 Å². The van der Waals surface area contributed by atoms with E-state index < -0.39 is 0 Å². The molecule has 0 saturated heterocycles. The third kappa shape index (κ3) is 3.33. The first kappa shape index (κ1) is 16.1. The molecule has 2 rings (SSSR count). The van der Waals surface area contributed by atoms with Crippen LogP contribution in [0.4, 0.5) is 10.2 Å². The summed E-state index contributed by atoms with van der Waals surface area (Å²) in [5.74, 6) is 1.36. The van der Waals surface area contributed by atoms with E-state index in [2.05, 4.69) is 51.7 Å². The Hall–Kier alpha value is -1.24. The minimum atomic E-state index is -0.382. The summed E-state index contributed by atoms with van der Waals surface area (Å²) in [6.07, 6.45) is 0. The lowest BCUT2D eigenvalue weighted by atomic mass is 9.83. The van der Waals surface area contributed by atoms with Crippen LogP contribution in [0.1, 0.15) is 37.9 Å². The maximum Gasteiger partial charge on any atom is 0.143 e. The molecule has 1 N–H and O–H groups in total. The first-order valence-corrected chi connectivity index (χ1v) is 7.98. The first-order valence-electron chi connectivity index (χ1n) is 6.90. The molecule has 1 aromatic heterocycles. The van der Waals surface area contributed by atoms with Crippen molar-refractivity contribution in [2.75, 3.05) is 11.9 Å². The van der Waals surface area contributed by atoms with Crippen molar-refractivity contribution < 1.29 is 4.39 Å². The zero-order valence-corrected chi connectivity index (χ0v) is 14.8. The summed E-state index contributed by atoms with van der Waals surface area (Å²) in [7, 11) is 0. The van der Waals surface area contributed by atoms with Gasteiger partial charge >= 0.3 is 0 Å². The maximum atomic E-state index is 13.1. The molecule has 3 nitrogen and oxygen atoms in total. The smallest absolute Gasteiger partial charge is 0.143 e. The summed E-state index contributed by atoms with van der Waals surface area (Å²) < 4.78 is 14.2. The predicted octanol–water partition coefficient (Wildman–Crippen LogP) is 4.29. The Balaban J connectivity index is 2.51. The van der Waals surface area contributed by atoms with E-state index in [0.29, 0.717) is 0 Å². The highest BCUT2D eigenvalue weighted by molar-refractivity contribution is 14.1. The number of hydrogen-bond donors (Lipinski definition) is 1. The lowest BCUT2D eigenvalue weighted by molar-refractivity contribution is 0.580. The van der Waals surface area contributed by atoms with Gasteiger partial charge in [0.25, 0.3) is 0 Å². The molecule has 1 heterocycles. The third-order valence-electron chi connectivity index (χ3n) is 3.49. The Bertz CT molecular complexity index is 639. The van der Waals surface area contributed by atoms with E-state index in [1.807, 2.05) is 13.8 Å². The molecule has 0 radical (unpaired) electrons. The zero-order valence-electron chi connectivity index (χ0n) is 12.7. The molecule has 0 fully saturated rings. The number of nitrogens with zero attached hydrogens (tertiary/aromatic N) is 2. The van der Waals surface area contributed by atoms with Gasteiger partial charge < -0.3 is 5.32 Å². The van der Waals surface area contributed by atoms with Gasteiger partial charge in [0, 0.05) is 12.0 Å². The fourth-order valence-electron chi connectivity index (χ4n) is 2.12. The van der Waals surface area contributed by atoms with Crippen LogP contribution in [0.2, 0.25) is 0 Å². The average Bonchev–Trinajstić information content (AvgIpc) is 2.44. The number of anilines is 1. The fourth-order valence-corrected chi connectivity index (χ4v) is 2.55. The fraction of sp³-hybridized carbons (Fsp3) is 0.375. The van der Waals surface area contributed by atoms with E-state index in [0.717, 1.165) is 33.0 Å². The van der Waals surface area contributed by atoms with Crippen LogP contribution in [0, 0.1) is 16.3 Å². The molecule has 0 spiro atoms. The number of halogens is 2. The number of aromatic nitrogens is 2. The topological polar surface area (TPSA) is 37.8 Å². The molecule has 1 aromatic carbocycles. The summed E-state index contributed by atoms with van der Waals surface area (Å²) >= 11 is 2.26. The van der Waals surface area contributed by atoms with Gasteiger partial charge in [-0.15, -0.1) is 0 Å². The van der Waals surface area contributed by atoms with Gasteiger partial charge in [0.05, 0.1) is 9.26 Å². The quantitative estimate of drug-likeness (QED) is 0.780. The van der Waals surface area contributed by atoms with Crippen LogP contribution in [0.25, 0.3) is 0 Å². The van der Waals surface area contributed by atoms with Gasteiger partial charge in [0.1, 0.15) is 17.5 Å². The van der Waals surface area contributed by atoms with Crippen molar-refractivity contribution in [1.29, 1.82) is 0 Å². The highest BCUT2D eigenvalue weighted by atomic mass is 127. The van der Waals surface area contributed by atoms with Crippen LogP contribution in [0.15, 0.2) is 24.3 Å². The van der Waals surface area contributed by atoms with Gasteiger partial charge in [0.15, 0.2) is 0 Å². The van der Waals surface area contributed by atoms with Crippen molar-refractivity contribution in [3.8, 4) is 0 Å². The number of nitrogens with one attached hydrogen (secondary N) is 1. The monoisotopic (exact) mass is 399 g/mol. The Morgan fingerprint density at radius 1 is 1.19 bits per heavy atom. The Labute approximate surface area is 138 Å². The number of aryl methyl sites for hydroxylation is 1. The van der Waals surface area contributed by atoms with E-state index in [9.17, 15) is 4.39 Å². The highest BCUT2D eigenvalue weighted by Gasteiger charge is 2.28. The molecular formula is C16H19FIN3. The van der Waals surface area contributed by atoms with E-state index in [1.54, 1.807) is 12.1 Å². The van der Waals surface area contributed by atoms with Crippen molar-refractivity contribution >= 4 is 28.4 Å². The summed E-state index contributed by atoms with van der Waals surface area (Å²) in [5.41, 5.74) is 1.56. The Kier molecular flexibility index (Phi) is 4.81. The van der Waals surface area contributed by atoms with Crippen molar-refractivity contribution in [3.05, 3.63) is 50.7 Å². The van der Waals surface area contributed by atoms with Gasteiger partial charge in [-0.25, -0.2) is 14.4 Å². The van der Waals surface area contributed by atoms with Crippen molar-refractivity contribution in [3.63, 3.8) is 0 Å². The summed E-state index contributed by atoms with van der Waals surface area (Å²) in [6.45, 7) is 8.94. The van der Waals surface area contributed by atoms with Crippen molar-refractivity contribution in [1.82, 2.24) is 9.97 Å². The molecule has 0 bridgehead atoms. The minimum Gasteiger partial charge on any atom is -0.369 e. The van der Waals surface area contributed by atoms with Crippen LogP contribution < -0.4 is 5.32 Å². The molecule has 2 aromatic rings. The number of hydrogen-bond acceptors (Lipinski definition) is 3. The van der Waals surface area contributed by atoms with Crippen molar-refractivity contribution in [2.24, 2.45) is 0 Å². The second-order valence-corrected chi connectivity index (χ2v) is 6.54. The molecule has 0 saturated carbocycles. The second-order valence-electron chi connectivity index (χ2n) is 5.46. The van der Waals surface area contributed by atoms with Gasteiger partial charge in [-0.2, -0.15) is 0 Å². The van der Waals surface area contributed by atoms with Gasteiger partial charge in [-0.1, -0.05) is 12.1 Å². The maximum absolute atomic E-state index is 13.1. The molecule has 5 heteroatoms. The predicted molar refractivity (Wildman–Crippen MR) is 92.2 cm³/mol. The number of rotatable bonds is 4. The van der Waals surface area contributed by atoms with Gasteiger partial charge in [0.2, 0.25) is 0 Å². The Morgan fingerprint density at radius 2 is 1.81 bits per heavy atom. The molecule has 21 heavy (non-hydrogen) atoms. The molecule has 0 aliphatic rings. The molecule has 0 unspecified atom stereocenters. The minimum absolute atomic E-state index is 0.234. The summed E-state index contributed by atoms with van der Waals surface area (Å²) in [5, 5.41) is 3.27. The summed E-state index contributed by atoms with van der Waals surface area (Å²) in [4.78, 5) is 9.30. The molecule has 0 aliphatic carbocycles. The van der Waals surface area contributed by atoms with E-state index in [4.69, 9.17) is 0 Å². The molecule has 112 valence electrons. The standard InChI is InChI=1S/C16H19FIN3/c1-5-19-14-13(18)10(2)20-15(21-14)16(3,4)11-6-8-12(17)9-7-11/h6-9H,5H2,1-4H3,(H,19,20,21). The van der Waals surface area contributed by atoms with Gasteiger partial charge in [-0.3, -0.25) is 0 Å². The van der Waals surface area contributed by atoms with E-state index in [-0.39, 0.29) is 11.2 Å². The van der Waals surface area contributed by atoms with Crippen molar-refractivity contribution in [2.45, 2.75) is 33.1 Å². The Morgan fingerprint density at radius 3 is 2.38 bits per heavy atom. The second kappa shape index (κ2) is 6.25. The molecule has 0 amide bonds. The van der Waals surface area contributed by atoms with E-state index >= 15 is 0 Å². The van der Waals surface area contributed by atoms with Crippen LogP contribution in [-0.2, 0) is 5.41 Å². The SMILES string of the molecule is CCNc1nc(C(C)(C)c2ccc(F)cc2)nc(C)c1I. The average molecular weight is 399 g/mol. The molecule has 0 atom stereocenters. The zero-order chi connectivity index (χ0) is 15.6. The lowest BCUT2D eigenvalue weighted by Crippen LogP contribution is -2.24. The van der Waals surface area contributed by atoms with Crippen LogP contribution in [-0.4, -0.2) is 16.5 Å². The normalized spacial score (nSPS) is 11.5. The largest absolute Gasteiger partial charge is 0.369 e. The van der Waals surface area contributed by atoms with Gasteiger partial charge in [-0.05, 0) is 68.0 Å². The van der Waals surface area contributed by atoms with E-state index in [1.165, 1.54) is 12.1 Å². The van der Waals surface area contributed by atoms with Crippen LogP contribution in [0.5, 0.6) is 0 Å². The highest BCUT2D eigenvalue weighted by Crippen LogP contribution is 2.31. The summed E-state index contributed by atoms with van der Waals surface area (Å²) in [6, 6.07) is 6.53. The number of benzene rings is 1. The van der Waals surface area contributed by atoms with Crippen LogP contribution >= 0.6 is 22.6 Å². The lowest BCUT2D eigenvalue weighted by Gasteiger charge is -2.25. The third-order valence-corrected chi connectivity index (χ3v) is 4.78. The first-order chi connectivity index (χ1) is 9.86.